The molecule has 0 N–H and O–H groups in total. The fourth-order valence-corrected chi connectivity index (χ4v) is 3.68. The SMILES string of the molecule is Cc1ccc(CCCN2CCN(C(=O)Oc3ccc(Oc4ccc(Cl)cn4)cc3)CC2)nc1. The molecule has 3 aromatic rings. The molecule has 1 fully saturated rings. The van der Waals surface area contributed by atoms with Gasteiger partial charge in [0.15, 0.2) is 0 Å². The minimum atomic E-state index is -0.327. The second-order valence-corrected chi connectivity index (χ2v) is 8.45. The highest BCUT2D eigenvalue weighted by atomic mass is 35.5. The first-order valence-electron chi connectivity index (χ1n) is 11.1. The number of nitrogens with zero attached hydrogens (tertiary/aromatic N) is 4. The Morgan fingerprint density at radius 1 is 0.939 bits per heavy atom. The predicted octanol–water partition coefficient (Wildman–Crippen LogP) is 4.98. The number of amides is 1. The number of aromatic nitrogens is 2. The van der Waals surface area contributed by atoms with E-state index < -0.39 is 0 Å². The molecule has 33 heavy (non-hydrogen) atoms. The lowest BCUT2D eigenvalue weighted by Crippen LogP contribution is -2.49. The van der Waals surface area contributed by atoms with Crippen LogP contribution in [0, 0.1) is 6.92 Å². The van der Waals surface area contributed by atoms with Crippen molar-refractivity contribution >= 4 is 17.7 Å². The van der Waals surface area contributed by atoms with Crippen molar-refractivity contribution in [2.75, 3.05) is 32.7 Å². The average Bonchev–Trinajstić information content (AvgIpc) is 2.83. The topological polar surface area (TPSA) is 67.8 Å². The van der Waals surface area contributed by atoms with E-state index in [0.29, 0.717) is 35.5 Å². The molecule has 0 spiro atoms. The largest absolute Gasteiger partial charge is 0.439 e. The van der Waals surface area contributed by atoms with Crippen molar-refractivity contribution in [3.63, 3.8) is 0 Å². The average molecular weight is 467 g/mol. The number of rotatable bonds is 7. The summed E-state index contributed by atoms with van der Waals surface area (Å²) in [6.07, 6.45) is 5.13. The Labute approximate surface area is 198 Å². The first kappa shape index (κ1) is 23.0. The summed E-state index contributed by atoms with van der Waals surface area (Å²) in [4.78, 5) is 25.2. The van der Waals surface area contributed by atoms with Crippen molar-refractivity contribution in [3.8, 4) is 17.4 Å². The van der Waals surface area contributed by atoms with E-state index >= 15 is 0 Å². The molecule has 2 aromatic heterocycles. The summed E-state index contributed by atoms with van der Waals surface area (Å²) in [7, 11) is 0. The Hall–Kier alpha value is -3.16. The summed E-state index contributed by atoms with van der Waals surface area (Å²) < 4.78 is 11.2. The maximum atomic E-state index is 12.5. The number of benzene rings is 1. The van der Waals surface area contributed by atoms with Crippen LogP contribution in [-0.4, -0.2) is 58.6 Å². The molecule has 3 heterocycles. The van der Waals surface area contributed by atoms with E-state index in [1.165, 1.54) is 11.8 Å². The minimum absolute atomic E-state index is 0.327. The molecule has 1 aliphatic rings. The molecule has 0 atom stereocenters. The van der Waals surface area contributed by atoms with Crippen molar-refractivity contribution in [2.24, 2.45) is 0 Å². The van der Waals surface area contributed by atoms with E-state index in [1.807, 2.05) is 13.1 Å². The Kier molecular flexibility index (Phi) is 7.75. The van der Waals surface area contributed by atoms with Gasteiger partial charge >= 0.3 is 6.09 Å². The van der Waals surface area contributed by atoms with E-state index in [1.54, 1.807) is 41.3 Å². The summed E-state index contributed by atoms with van der Waals surface area (Å²) in [5.41, 5.74) is 2.31. The normalized spacial score (nSPS) is 14.2. The molecule has 1 amide bonds. The lowest BCUT2D eigenvalue weighted by Gasteiger charge is -2.34. The zero-order chi connectivity index (χ0) is 23.0. The number of carbonyl (C=O) groups is 1. The smallest absolute Gasteiger partial charge is 0.415 e. The fourth-order valence-electron chi connectivity index (χ4n) is 3.57. The van der Waals surface area contributed by atoms with E-state index in [9.17, 15) is 4.79 Å². The van der Waals surface area contributed by atoms with Crippen LogP contribution in [0.2, 0.25) is 5.02 Å². The van der Waals surface area contributed by atoms with E-state index in [-0.39, 0.29) is 6.09 Å². The number of aryl methyl sites for hydroxylation is 2. The van der Waals surface area contributed by atoms with Gasteiger partial charge in [-0.05, 0) is 68.3 Å². The van der Waals surface area contributed by atoms with Crippen molar-refractivity contribution in [1.82, 2.24) is 19.8 Å². The van der Waals surface area contributed by atoms with E-state index in [4.69, 9.17) is 21.1 Å². The number of carbonyl (C=O) groups excluding carboxylic acids is 1. The molecular formula is C25H27ClN4O3. The highest BCUT2D eigenvalue weighted by Gasteiger charge is 2.22. The van der Waals surface area contributed by atoms with Crippen molar-refractivity contribution in [3.05, 3.63) is 77.2 Å². The van der Waals surface area contributed by atoms with Crippen molar-refractivity contribution < 1.29 is 14.3 Å². The molecule has 7 nitrogen and oxygen atoms in total. The minimum Gasteiger partial charge on any atom is -0.439 e. The molecular weight excluding hydrogens is 440 g/mol. The van der Waals surface area contributed by atoms with Gasteiger partial charge in [-0.2, -0.15) is 0 Å². The molecule has 4 rings (SSSR count). The predicted molar refractivity (Wildman–Crippen MR) is 127 cm³/mol. The second kappa shape index (κ2) is 11.1. The van der Waals surface area contributed by atoms with E-state index in [2.05, 4.69) is 27.0 Å². The third-order valence-electron chi connectivity index (χ3n) is 5.46. The summed E-state index contributed by atoms with van der Waals surface area (Å²) in [5, 5.41) is 0.546. The van der Waals surface area contributed by atoms with Gasteiger partial charge in [0.2, 0.25) is 5.88 Å². The summed E-state index contributed by atoms with van der Waals surface area (Å²) >= 11 is 5.83. The third kappa shape index (κ3) is 6.91. The maximum Gasteiger partial charge on any atom is 0.415 e. The standard InChI is InChI=1S/C25H27ClN4O3/c1-19-4-6-21(27-17-19)3-2-12-29-13-15-30(16-14-29)25(31)33-23-9-7-22(8-10-23)32-24-11-5-20(26)18-28-24/h4-11,17-18H,2-3,12-16H2,1H3. The highest BCUT2D eigenvalue weighted by molar-refractivity contribution is 6.30. The molecule has 1 aromatic carbocycles. The van der Waals surface area contributed by atoms with Gasteiger partial charge < -0.3 is 14.4 Å². The van der Waals surface area contributed by atoms with Crippen LogP contribution in [0.25, 0.3) is 0 Å². The number of piperazine rings is 1. The van der Waals surface area contributed by atoms with Crippen LogP contribution in [0.4, 0.5) is 4.79 Å². The van der Waals surface area contributed by atoms with Gasteiger partial charge in [-0.25, -0.2) is 9.78 Å². The lowest BCUT2D eigenvalue weighted by atomic mass is 10.2. The number of hydrogen-bond acceptors (Lipinski definition) is 6. The van der Waals surface area contributed by atoms with Gasteiger partial charge in [0.1, 0.15) is 11.5 Å². The molecule has 8 heteroatoms. The lowest BCUT2D eigenvalue weighted by molar-refractivity contribution is 0.110. The molecule has 1 saturated heterocycles. The summed E-state index contributed by atoms with van der Waals surface area (Å²) in [6.45, 7) is 6.05. The van der Waals surface area contributed by atoms with Crippen LogP contribution < -0.4 is 9.47 Å². The van der Waals surface area contributed by atoms with Gasteiger partial charge in [0, 0.05) is 50.3 Å². The van der Waals surface area contributed by atoms with Gasteiger partial charge in [0.25, 0.3) is 0 Å². The molecule has 172 valence electrons. The zero-order valence-corrected chi connectivity index (χ0v) is 19.4. The Balaban J connectivity index is 1.18. The molecule has 0 bridgehead atoms. The van der Waals surface area contributed by atoms with Gasteiger partial charge in [-0.1, -0.05) is 17.7 Å². The molecule has 0 saturated carbocycles. The molecule has 1 aliphatic heterocycles. The third-order valence-corrected chi connectivity index (χ3v) is 5.69. The monoisotopic (exact) mass is 466 g/mol. The number of ether oxygens (including phenoxy) is 2. The van der Waals surface area contributed by atoms with Crippen LogP contribution in [0.1, 0.15) is 17.7 Å². The first-order valence-corrected chi connectivity index (χ1v) is 11.4. The Morgan fingerprint density at radius 2 is 1.70 bits per heavy atom. The first-order chi connectivity index (χ1) is 16.0. The molecule has 0 aliphatic carbocycles. The van der Waals surface area contributed by atoms with Crippen molar-refractivity contribution in [1.29, 1.82) is 0 Å². The Morgan fingerprint density at radius 3 is 2.36 bits per heavy atom. The Bertz CT molecular complexity index is 1030. The van der Waals surface area contributed by atoms with Gasteiger partial charge in [0.05, 0.1) is 5.02 Å². The zero-order valence-electron chi connectivity index (χ0n) is 18.6. The highest BCUT2D eigenvalue weighted by Crippen LogP contribution is 2.23. The van der Waals surface area contributed by atoms with Crippen LogP contribution in [0.3, 0.4) is 0 Å². The van der Waals surface area contributed by atoms with Crippen molar-refractivity contribution in [2.45, 2.75) is 19.8 Å². The van der Waals surface area contributed by atoms with Crippen LogP contribution >= 0.6 is 11.6 Å². The van der Waals surface area contributed by atoms with Crippen LogP contribution in [0.15, 0.2) is 60.9 Å². The van der Waals surface area contributed by atoms with Gasteiger partial charge in [-0.15, -0.1) is 0 Å². The number of pyridine rings is 2. The molecule has 0 unspecified atom stereocenters. The van der Waals surface area contributed by atoms with E-state index in [0.717, 1.165) is 38.2 Å². The van der Waals surface area contributed by atoms with Crippen LogP contribution in [0.5, 0.6) is 17.4 Å². The quantitative estimate of drug-likeness (QED) is 0.489. The summed E-state index contributed by atoms with van der Waals surface area (Å²) in [6, 6.07) is 14.5. The number of hydrogen-bond donors (Lipinski definition) is 0. The maximum absolute atomic E-state index is 12.5. The molecule has 0 radical (unpaired) electrons. The number of halogens is 1. The second-order valence-electron chi connectivity index (χ2n) is 8.02. The summed E-state index contributed by atoms with van der Waals surface area (Å²) in [5.74, 6) is 1.51. The fraction of sp³-hybridized carbons (Fsp3) is 0.320. The van der Waals surface area contributed by atoms with Gasteiger partial charge in [-0.3, -0.25) is 9.88 Å². The van der Waals surface area contributed by atoms with Crippen LogP contribution in [-0.2, 0) is 6.42 Å².